The second kappa shape index (κ2) is 7.90. The summed E-state index contributed by atoms with van der Waals surface area (Å²) in [7, 11) is 0. The highest BCUT2D eigenvalue weighted by Crippen LogP contribution is 2.30. The van der Waals surface area contributed by atoms with Crippen molar-refractivity contribution < 1.29 is 14.5 Å². The van der Waals surface area contributed by atoms with Crippen molar-refractivity contribution in [2.75, 3.05) is 34.8 Å². The number of amides is 2. The summed E-state index contributed by atoms with van der Waals surface area (Å²) in [6.45, 7) is 2.31. The van der Waals surface area contributed by atoms with Crippen molar-refractivity contribution in [3.8, 4) is 0 Å². The Bertz CT molecular complexity index is 969. The summed E-state index contributed by atoms with van der Waals surface area (Å²) >= 11 is 0. The van der Waals surface area contributed by atoms with Gasteiger partial charge in [0.1, 0.15) is 0 Å². The molecule has 2 aliphatic heterocycles. The molecule has 8 nitrogen and oxygen atoms in total. The first kappa shape index (κ1) is 18.9. The van der Waals surface area contributed by atoms with E-state index < -0.39 is 10.8 Å². The topological polar surface area (TPSA) is 95.8 Å². The maximum absolute atomic E-state index is 13.0. The first-order valence-electron chi connectivity index (χ1n) is 9.78. The summed E-state index contributed by atoms with van der Waals surface area (Å²) in [5, 5.41) is 14.1. The van der Waals surface area contributed by atoms with Crippen LogP contribution in [-0.2, 0) is 4.79 Å². The minimum atomic E-state index is -0.496. The maximum Gasteiger partial charge on any atom is 0.270 e. The lowest BCUT2D eigenvalue weighted by atomic mass is 10.1. The van der Waals surface area contributed by atoms with E-state index in [-0.39, 0.29) is 17.2 Å². The van der Waals surface area contributed by atoms with Crippen LogP contribution in [-0.4, -0.2) is 36.4 Å². The Balaban J connectivity index is 1.61. The van der Waals surface area contributed by atoms with E-state index in [9.17, 15) is 19.7 Å². The van der Waals surface area contributed by atoms with E-state index in [1.165, 1.54) is 12.1 Å². The summed E-state index contributed by atoms with van der Waals surface area (Å²) in [6, 6.07) is 11.5. The molecule has 8 heteroatoms. The molecule has 2 amide bonds. The van der Waals surface area contributed by atoms with Crippen LogP contribution in [0.5, 0.6) is 0 Å². The van der Waals surface area contributed by atoms with Gasteiger partial charge in [-0.3, -0.25) is 19.7 Å². The molecule has 150 valence electrons. The van der Waals surface area contributed by atoms with Gasteiger partial charge in [0.2, 0.25) is 5.91 Å². The Kier molecular flexibility index (Phi) is 5.16. The fourth-order valence-corrected chi connectivity index (χ4v) is 3.92. The third kappa shape index (κ3) is 3.91. The van der Waals surface area contributed by atoms with Crippen LogP contribution in [0.15, 0.2) is 42.5 Å². The molecule has 0 aromatic heterocycles. The molecular formula is C21H22N4O4. The molecule has 2 saturated heterocycles. The van der Waals surface area contributed by atoms with Gasteiger partial charge in [-0.15, -0.1) is 0 Å². The van der Waals surface area contributed by atoms with Gasteiger partial charge in [0, 0.05) is 49.6 Å². The average Bonchev–Trinajstić information content (AvgIpc) is 3.39. The Morgan fingerprint density at radius 1 is 1.03 bits per heavy atom. The Hall–Kier alpha value is -3.42. The highest BCUT2D eigenvalue weighted by Gasteiger charge is 2.24. The van der Waals surface area contributed by atoms with Crippen molar-refractivity contribution in [2.45, 2.75) is 25.7 Å². The lowest BCUT2D eigenvalue weighted by Gasteiger charge is -2.21. The Morgan fingerprint density at radius 3 is 2.52 bits per heavy atom. The van der Waals surface area contributed by atoms with Crippen LogP contribution >= 0.6 is 0 Å². The highest BCUT2D eigenvalue weighted by atomic mass is 16.6. The smallest absolute Gasteiger partial charge is 0.270 e. The summed E-state index contributed by atoms with van der Waals surface area (Å²) in [5.74, 6) is -0.330. The molecule has 0 atom stereocenters. The van der Waals surface area contributed by atoms with Crippen molar-refractivity contribution >= 4 is 34.6 Å². The predicted molar refractivity (Wildman–Crippen MR) is 111 cm³/mol. The maximum atomic E-state index is 13.0. The van der Waals surface area contributed by atoms with Gasteiger partial charge in [-0.05, 0) is 43.5 Å². The average molecular weight is 394 g/mol. The lowest BCUT2D eigenvalue weighted by Crippen LogP contribution is -2.24. The van der Waals surface area contributed by atoms with Gasteiger partial charge in [-0.25, -0.2) is 0 Å². The Morgan fingerprint density at radius 2 is 1.83 bits per heavy atom. The van der Waals surface area contributed by atoms with Gasteiger partial charge < -0.3 is 15.1 Å². The normalized spacial score (nSPS) is 16.3. The van der Waals surface area contributed by atoms with E-state index in [0.29, 0.717) is 24.3 Å². The van der Waals surface area contributed by atoms with Gasteiger partial charge in [0.15, 0.2) is 0 Å². The molecule has 2 heterocycles. The van der Waals surface area contributed by atoms with E-state index in [2.05, 4.69) is 10.2 Å². The van der Waals surface area contributed by atoms with E-state index >= 15 is 0 Å². The molecule has 2 aromatic carbocycles. The number of nitrogens with one attached hydrogen (secondary N) is 1. The highest BCUT2D eigenvalue weighted by molar-refractivity contribution is 6.09. The monoisotopic (exact) mass is 394 g/mol. The molecule has 2 aromatic rings. The van der Waals surface area contributed by atoms with Crippen LogP contribution in [0.3, 0.4) is 0 Å². The number of nitro benzene ring substituents is 1. The van der Waals surface area contributed by atoms with Crippen molar-refractivity contribution in [3.05, 3.63) is 58.1 Å². The molecule has 4 rings (SSSR count). The van der Waals surface area contributed by atoms with E-state index in [1.807, 2.05) is 6.07 Å². The zero-order chi connectivity index (χ0) is 20.4. The molecule has 2 aliphatic rings. The van der Waals surface area contributed by atoms with E-state index in [1.54, 1.807) is 29.2 Å². The second-order valence-corrected chi connectivity index (χ2v) is 7.31. The number of carbonyl (C=O) groups is 2. The van der Waals surface area contributed by atoms with Gasteiger partial charge in [0.25, 0.3) is 11.6 Å². The van der Waals surface area contributed by atoms with E-state index in [4.69, 9.17) is 0 Å². The van der Waals surface area contributed by atoms with Gasteiger partial charge in [-0.2, -0.15) is 0 Å². The second-order valence-electron chi connectivity index (χ2n) is 7.31. The van der Waals surface area contributed by atoms with Gasteiger partial charge in [0.05, 0.1) is 16.2 Å². The van der Waals surface area contributed by atoms with Gasteiger partial charge in [-0.1, -0.05) is 6.07 Å². The quantitative estimate of drug-likeness (QED) is 0.618. The molecule has 0 radical (unpaired) electrons. The minimum Gasteiger partial charge on any atom is -0.371 e. The summed E-state index contributed by atoms with van der Waals surface area (Å²) in [5.41, 5.74) is 2.16. The van der Waals surface area contributed by atoms with Gasteiger partial charge >= 0.3 is 0 Å². The van der Waals surface area contributed by atoms with Crippen molar-refractivity contribution in [1.29, 1.82) is 0 Å². The predicted octanol–water partition coefficient (Wildman–Crippen LogP) is 3.57. The van der Waals surface area contributed by atoms with Crippen LogP contribution < -0.4 is 15.1 Å². The largest absolute Gasteiger partial charge is 0.371 e. The standard InChI is InChI=1S/C21H22N4O4/c26-20-7-4-12-24(20)16-6-3-5-15(13-16)22-21(27)18-14-17(25(28)29)8-9-19(18)23-10-1-2-11-23/h3,5-6,8-9,13-14H,1-2,4,7,10-12H2,(H,22,27). The van der Waals surface area contributed by atoms with Crippen LogP contribution in [0.25, 0.3) is 0 Å². The van der Waals surface area contributed by atoms with Crippen LogP contribution in [0.4, 0.5) is 22.7 Å². The Labute approximate surface area is 168 Å². The van der Waals surface area contributed by atoms with Crippen LogP contribution in [0, 0.1) is 10.1 Å². The number of carbonyl (C=O) groups excluding carboxylic acids is 2. The number of anilines is 3. The first-order valence-corrected chi connectivity index (χ1v) is 9.78. The number of rotatable bonds is 5. The molecule has 0 bridgehead atoms. The van der Waals surface area contributed by atoms with Crippen molar-refractivity contribution in [2.24, 2.45) is 0 Å². The number of hydrogen-bond donors (Lipinski definition) is 1. The molecule has 1 N–H and O–H groups in total. The molecule has 2 fully saturated rings. The molecule has 0 unspecified atom stereocenters. The van der Waals surface area contributed by atoms with Crippen molar-refractivity contribution in [3.63, 3.8) is 0 Å². The fraction of sp³-hybridized carbons (Fsp3) is 0.333. The first-order chi connectivity index (χ1) is 14.0. The summed E-state index contributed by atoms with van der Waals surface area (Å²) in [4.78, 5) is 39.5. The fourth-order valence-electron chi connectivity index (χ4n) is 3.92. The molecule has 0 aliphatic carbocycles. The molecular weight excluding hydrogens is 372 g/mol. The SMILES string of the molecule is O=C(Nc1cccc(N2CCCC2=O)c1)c1cc([N+](=O)[O-])ccc1N1CCCC1. The number of benzene rings is 2. The van der Waals surface area contributed by atoms with Crippen LogP contribution in [0.2, 0.25) is 0 Å². The molecule has 0 spiro atoms. The number of nitrogens with zero attached hydrogens (tertiary/aromatic N) is 3. The van der Waals surface area contributed by atoms with Crippen LogP contribution in [0.1, 0.15) is 36.0 Å². The minimum absolute atomic E-state index is 0.0727. The summed E-state index contributed by atoms with van der Waals surface area (Å²) < 4.78 is 0. The molecule has 0 saturated carbocycles. The lowest BCUT2D eigenvalue weighted by molar-refractivity contribution is -0.384. The zero-order valence-electron chi connectivity index (χ0n) is 16.0. The number of hydrogen-bond acceptors (Lipinski definition) is 5. The number of nitro groups is 1. The van der Waals surface area contributed by atoms with Crippen molar-refractivity contribution in [1.82, 2.24) is 0 Å². The third-order valence-electron chi connectivity index (χ3n) is 5.37. The third-order valence-corrected chi connectivity index (χ3v) is 5.37. The van der Waals surface area contributed by atoms with E-state index in [0.717, 1.165) is 38.0 Å². The number of non-ortho nitro benzene ring substituents is 1. The zero-order valence-corrected chi connectivity index (χ0v) is 16.0. The molecule has 29 heavy (non-hydrogen) atoms. The summed E-state index contributed by atoms with van der Waals surface area (Å²) in [6.07, 6.45) is 3.42.